The zero-order valence-corrected chi connectivity index (χ0v) is 9.99. The number of alkyl halides is 2. The van der Waals surface area contributed by atoms with Crippen molar-refractivity contribution in [2.45, 2.75) is 13.3 Å². The van der Waals surface area contributed by atoms with Crippen LogP contribution in [0.5, 0.6) is 0 Å². The third-order valence-electron chi connectivity index (χ3n) is 1.64. The molecular weight excluding hydrogens is 319 g/mol. The smallest absolute Gasteiger partial charge is 0.340 e. The molecule has 15 heavy (non-hydrogen) atoms. The van der Waals surface area contributed by atoms with Crippen molar-refractivity contribution in [2.75, 3.05) is 6.61 Å². The number of halogens is 3. The fourth-order valence-corrected chi connectivity index (χ4v) is 1.70. The van der Waals surface area contributed by atoms with Gasteiger partial charge >= 0.3 is 5.97 Å². The monoisotopic (exact) mass is 327 g/mol. The number of aromatic nitrogens is 1. The highest BCUT2D eigenvalue weighted by Gasteiger charge is 2.19. The highest BCUT2D eigenvalue weighted by molar-refractivity contribution is 14.1. The van der Waals surface area contributed by atoms with Crippen LogP contribution in [0.4, 0.5) is 8.78 Å². The van der Waals surface area contributed by atoms with Crippen LogP contribution in [-0.2, 0) is 4.74 Å². The summed E-state index contributed by atoms with van der Waals surface area (Å²) in [6.45, 7) is 1.85. The van der Waals surface area contributed by atoms with Gasteiger partial charge in [0.05, 0.1) is 17.7 Å². The topological polar surface area (TPSA) is 39.2 Å². The summed E-state index contributed by atoms with van der Waals surface area (Å²) < 4.78 is 29.8. The fourth-order valence-electron chi connectivity index (χ4n) is 0.964. The van der Waals surface area contributed by atoms with Crippen LogP contribution in [0.25, 0.3) is 0 Å². The molecule has 0 aliphatic rings. The van der Waals surface area contributed by atoms with Crippen molar-refractivity contribution < 1.29 is 18.3 Å². The van der Waals surface area contributed by atoms with Crippen LogP contribution in [-0.4, -0.2) is 17.6 Å². The highest BCUT2D eigenvalue weighted by Crippen LogP contribution is 2.26. The molecule has 0 atom stereocenters. The average Bonchev–Trinajstić information content (AvgIpc) is 2.17. The first-order valence-electron chi connectivity index (χ1n) is 4.16. The Kier molecular flexibility index (Phi) is 4.37. The second-order valence-electron chi connectivity index (χ2n) is 2.61. The molecule has 1 heterocycles. The normalized spacial score (nSPS) is 10.5. The average molecular weight is 327 g/mol. The molecule has 0 fully saturated rings. The molecule has 0 amide bonds. The summed E-state index contributed by atoms with van der Waals surface area (Å²) in [5, 5.41) is 0. The van der Waals surface area contributed by atoms with E-state index in [9.17, 15) is 13.6 Å². The van der Waals surface area contributed by atoms with E-state index in [0.29, 0.717) is 0 Å². The molecule has 0 N–H and O–H groups in total. The number of rotatable bonds is 3. The number of carbonyl (C=O) groups is 1. The van der Waals surface area contributed by atoms with Crippen molar-refractivity contribution in [3.8, 4) is 0 Å². The van der Waals surface area contributed by atoms with Gasteiger partial charge in [0.1, 0.15) is 0 Å². The van der Waals surface area contributed by atoms with E-state index in [1.54, 1.807) is 29.5 Å². The van der Waals surface area contributed by atoms with Crippen LogP contribution in [0, 0.1) is 3.57 Å². The minimum Gasteiger partial charge on any atom is -0.462 e. The van der Waals surface area contributed by atoms with E-state index in [1.807, 2.05) is 0 Å². The third kappa shape index (κ3) is 2.83. The first kappa shape index (κ1) is 12.3. The molecule has 82 valence electrons. The third-order valence-corrected chi connectivity index (χ3v) is 2.84. The van der Waals surface area contributed by atoms with E-state index in [4.69, 9.17) is 4.74 Å². The SMILES string of the molecule is CCOC(=O)c1cncc(C(F)F)c1I. The van der Waals surface area contributed by atoms with Gasteiger partial charge in [0, 0.05) is 16.0 Å². The number of hydrogen-bond donors (Lipinski definition) is 0. The van der Waals surface area contributed by atoms with Crippen molar-refractivity contribution >= 4 is 28.6 Å². The number of pyridine rings is 1. The molecule has 3 nitrogen and oxygen atoms in total. The number of ether oxygens (including phenoxy) is 1. The maximum atomic E-state index is 12.5. The van der Waals surface area contributed by atoms with Gasteiger partial charge < -0.3 is 4.74 Å². The number of carbonyl (C=O) groups excluding carboxylic acids is 1. The molecule has 0 aromatic carbocycles. The standard InChI is InChI=1S/C9H8F2INO2/c1-2-15-9(14)6-4-13-3-5(7(6)12)8(10)11/h3-4,8H,2H2,1H3. The van der Waals surface area contributed by atoms with E-state index in [0.717, 1.165) is 6.20 Å². The largest absolute Gasteiger partial charge is 0.462 e. The van der Waals surface area contributed by atoms with Crippen molar-refractivity contribution in [3.05, 3.63) is 27.1 Å². The molecule has 0 aliphatic heterocycles. The van der Waals surface area contributed by atoms with Crippen LogP contribution in [0.15, 0.2) is 12.4 Å². The van der Waals surface area contributed by atoms with E-state index >= 15 is 0 Å². The molecular formula is C9H8F2INO2. The molecule has 0 unspecified atom stereocenters. The van der Waals surface area contributed by atoms with E-state index in [2.05, 4.69) is 4.98 Å². The molecule has 6 heteroatoms. The van der Waals surface area contributed by atoms with Crippen LogP contribution in [0.3, 0.4) is 0 Å². The van der Waals surface area contributed by atoms with Crippen LogP contribution >= 0.6 is 22.6 Å². The second kappa shape index (κ2) is 5.34. The van der Waals surface area contributed by atoms with Crippen LogP contribution < -0.4 is 0 Å². The van der Waals surface area contributed by atoms with Gasteiger partial charge in [-0.3, -0.25) is 4.98 Å². The lowest BCUT2D eigenvalue weighted by molar-refractivity contribution is 0.0524. The summed E-state index contributed by atoms with van der Waals surface area (Å²) in [5.74, 6) is -0.628. The predicted molar refractivity (Wildman–Crippen MR) is 57.9 cm³/mol. The van der Waals surface area contributed by atoms with Crippen molar-refractivity contribution in [2.24, 2.45) is 0 Å². The lowest BCUT2D eigenvalue weighted by Gasteiger charge is -2.07. The van der Waals surface area contributed by atoms with Gasteiger partial charge in [0.25, 0.3) is 6.43 Å². The molecule has 0 saturated heterocycles. The maximum absolute atomic E-state index is 12.5. The summed E-state index contributed by atoms with van der Waals surface area (Å²) in [6.07, 6.45) is -0.361. The van der Waals surface area contributed by atoms with E-state index < -0.39 is 12.4 Å². The Morgan fingerprint density at radius 2 is 2.27 bits per heavy atom. The Morgan fingerprint density at radius 3 is 2.80 bits per heavy atom. The lowest BCUT2D eigenvalue weighted by Crippen LogP contribution is -2.09. The van der Waals surface area contributed by atoms with Gasteiger partial charge in [-0.25, -0.2) is 13.6 Å². The molecule has 0 radical (unpaired) electrons. The maximum Gasteiger partial charge on any atom is 0.340 e. The van der Waals surface area contributed by atoms with Gasteiger partial charge in [0.15, 0.2) is 0 Å². The Hall–Kier alpha value is -0.790. The van der Waals surface area contributed by atoms with Crippen LogP contribution in [0.1, 0.15) is 29.3 Å². The van der Waals surface area contributed by atoms with Crippen LogP contribution in [0.2, 0.25) is 0 Å². The van der Waals surface area contributed by atoms with Crippen molar-refractivity contribution in [1.82, 2.24) is 4.98 Å². The zero-order chi connectivity index (χ0) is 11.4. The lowest BCUT2D eigenvalue weighted by atomic mass is 10.2. The molecule has 0 spiro atoms. The molecule has 1 rings (SSSR count). The molecule has 0 aliphatic carbocycles. The van der Waals surface area contributed by atoms with Crippen molar-refractivity contribution in [1.29, 1.82) is 0 Å². The summed E-state index contributed by atoms with van der Waals surface area (Å²) in [6, 6.07) is 0. The Morgan fingerprint density at radius 1 is 1.60 bits per heavy atom. The highest BCUT2D eigenvalue weighted by atomic mass is 127. The summed E-state index contributed by atoms with van der Waals surface area (Å²) in [5.41, 5.74) is -0.170. The summed E-state index contributed by atoms with van der Waals surface area (Å²) in [4.78, 5) is 14.9. The minimum atomic E-state index is -2.64. The minimum absolute atomic E-state index is 0.0789. The van der Waals surface area contributed by atoms with E-state index in [1.165, 1.54) is 6.20 Å². The van der Waals surface area contributed by atoms with Gasteiger partial charge in [-0.1, -0.05) is 0 Å². The quantitative estimate of drug-likeness (QED) is 0.633. The van der Waals surface area contributed by atoms with Gasteiger partial charge in [-0.15, -0.1) is 0 Å². The van der Waals surface area contributed by atoms with Crippen molar-refractivity contribution in [3.63, 3.8) is 0 Å². The zero-order valence-electron chi connectivity index (χ0n) is 7.84. The first-order chi connectivity index (χ1) is 7.07. The van der Waals surface area contributed by atoms with Gasteiger partial charge in [-0.05, 0) is 29.5 Å². The van der Waals surface area contributed by atoms with Gasteiger partial charge in [0.2, 0.25) is 0 Å². The molecule has 1 aromatic heterocycles. The Bertz CT molecular complexity index is 371. The Labute approximate surface area is 99.0 Å². The number of nitrogens with zero attached hydrogens (tertiary/aromatic N) is 1. The summed E-state index contributed by atoms with van der Waals surface area (Å²) >= 11 is 1.69. The predicted octanol–water partition coefficient (Wildman–Crippen LogP) is 2.80. The second-order valence-corrected chi connectivity index (χ2v) is 3.69. The summed E-state index contributed by atoms with van der Waals surface area (Å²) in [7, 11) is 0. The number of esters is 1. The number of hydrogen-bond acceptors (Lipinski definition) is 3. The molecule has 1 aromatic rings. The molecule has 0 bridgehead atoms. The van der Waals surface area contributed by atoms with Gasteiger partial charge in [-0.2, -0.15) is 0 Å². The van der Waals surface area contributed by atoms with E-state index in [-0.39, 0.29) is 21.3 Å². The molecule has 0 saturated carbocycles. The first-order valence-corrected chi connectivity index (χ1v) is 5.24. The Balaban J connectivity index is 3.09. The fraction of sp³-hybridized carbons (Fsp3) is 0.333.